The topological polar surface area (TPSA) is 26.0 Å². The molecule has 0 unspecified atom stereocenters. The molecule has 0 aliphatic rings. The van der Waals surface area contributed by atoms with Gasteiger partial charge < -0.3 is 5.73 Å². The zero-order chi connectivity index (χ0) is 13.6. The first-order valence-corrected chi connectivity index (χ1v) is 6.56. The first-order valence-electron chi connectivity index (χ1n) is 6.56. The van der Waals surface area contributed by atoms with E-state index in [0.29, 0.717) is 0 Å². The van der Waals surface area contributed by atoms with Crippen molar-refractivity contribution in [3.05, 3.63) is 34.6 Å². The van der Waals surface area contributed by atoms with E-state index in [1.807, 2.05) is 6.92 Å². The minimum atomic E-state index is 0.227. The summed E-state index contributed by atoms with van der Waals surface area (Å²) in [6.45, 7) is 15.3. The molecule has 0 heterocycles. The lowest BCUT2D eigenvalue weighted by Crippen LogP contribution is -2.09. The van der Waals surface area contributed by atoms with Crippen molar-refractivity contribution >= 4 is 0 Å². The van der Waals surface area contributed by atoms with Crippen LogP contribution in [0.2, 0.25) is 0 Å². The Hall–Kier alpha value is -0.980. The Bertz CT molecular complexity index is 331. The molecule has 98 valence electrons. The number of allylic oxidation sites excluding steroid dienone is 6. The third-order valence-corrected chi connectivity index (χ3v) is 3.08. The molecule has 0 amide bonds. The van der Waals surface area contributed by atoms with Gasteiger partial charge in [0.1, 0.15) is 0 Å². The van der Waals surface area contributed by atoms with E-state index in [1.54, 1.807) is 0 Å². The average molecular weight is 235 g/mol. The molecule has 0 saturated carbocycles. The van der Waals surface area contributed by atoms with E-state index in [2.05, 4.69) is 53.7 Å². The quantitative estimate of drug-likeness (QED) is 0.685. The lowest BCUT2D eigenvalue weighted by molar-refractivity contribution is 0.488. The molecule has 0 saturated heterocycles. The Labute approximate surface area is 107 Å². The van der Waals surface area contributed by atoms with E-state index < -0.39 is 0 Å². The van der Waals surface area contributed by atoms with Crippen molar-refractivity contribution in [1.29, 1.82) is 0 Å². The van der Waals surface area contributed by atoms with Crippen LogP contribution in [0.3, 0.4) is 0 Å². The molecular weight excluding hydrogens is 206 g/mol. The molecule has 0 aliphatic heterocycles. The molecule has 0 aromatic rings. The van der Waals surface area contributed by atoms with Gasteiger partial charge in [-0.1, -0.05) is 51.8 Å². The van der Waals surface area contributed by atoms with Crippen molar-refractivity contribution in [3.63, 3.8) is 0 Å². The number of hydrogen-bond acceptors (Lipinski definition) is 1. The van der Waals surface area contributed by atoms with Crippen molar-refractivity contribution in [3.8, 4) is 0 Å². The summed E-state index contributed by atoms with van der Waals surface area (Å²) in [5.74, 6) is 0. The minimum Gasteiger partial charge on any atom is -0.402 e. The maximum Gasteiger partial charge on any atom is 0.00548 e. The summed E-state index contributed by atoms with van der Waals surface area (Å²) in [6.07, 6.45) is 6.55. The first-order chi connectivity index (χ1) is 7.72. The van der Waals surface area contributed by atoms with Crippen LogP contribution in [0, 0.1) is 5.41 Å². The fraction of sp³-hybridized carbons (Fsp3) is 0.625. The first kappa shape index (κ1) is 16.0. The van der Waals surface area contributed by atoms with Crippen molar-refractivity contribution in [1.82, 2.24) is 0 Å². The lowest BCUT2D eigenvalue weighted by atomic mass is 9.83. The summed E-state index contributed by atoms with van der Waals surface area (Å²) in [5, 5.41) is 0. The van der Waals surface area contributed by atoms with Crippen LogP contribution in [0.1, 0.15) is 61.3 Å². The molecule has 0 aromatic heterocycles. The monoisotopic (exact) mass is 235 g/mol. The highest BCUT2D eigenvalue weighted by atomic mass is 14.5. The minimum absolute atomic E-state index is 0.227. The third kappa shape index (κ3) is 5.76. The van der Waals surface area contributed by atoms with Gasteiger partial charge in [-0.25, -0.2) is 0 Å². The smallest absolute Gasteiger partial charge is 0.00548 e. The average Bonchev–Trinajstić information content (AvgIpc) is 2.20. The molecule has 0 bridgehead atoms. The molecule has 0 spiro atoms. The van der Waals surface area contributed by atoms with Gasteiger partial charge in [0.2, 0.25) is 0 Å². The summed E-state index contributed by atoms with van der Waals surface area (Å²) in [6, 6.07) is 0. The molecule has 0 aromatic carbocycles. The highest BCUT2D eigenvalue weighted by Crippen LogP contribution is 2.30. The molecule has 0 atom stereocenters. The van der Waals surface area contributed by atoms with E-state index in [9.17, 15) is 0 Å². The Kier molecular flexibility index (Phi) is 6.30. The number of nitrogens with two attached hydrogens (primary N) is 1. The van der Waals surface area contributed by atoms with Gasteiger partial charge in [0.05, 0.1) is 0 Å². The molecular formula is C16H29N. The Balaban J connectivity index is 5.52. The maximum absolute atomic E-state index is 5.81. The number of rotatable bonds is 4. The van der Waals surface area contributed by atoms with E-state index in [0.717, 1.165) is 18.5 Å². The zero-order valence-electron chi connectivity index (χ0n) is 12.6. The van der Waals surface area contributed by atoms with Crippen LogP contribution >= 0.6 is 0 Å². The van der Waals surface area contributed by atoms with E-state index >= 15 is 0 Å². The van der Waals surface area contributed by atoms with E-state index in [-0.39, 0.29) is 5.41 Å². The van der Waals surface area contributed by atoms with Gasteiger partial charge in [0.15, 0.2) is 0 Å². The van der Waals surface area contributed by atoms with Gasteiger partial charge in [-0.2, -0.15) is 0 Å². The van der Waals surface area contributed by atoms with Crippen molar-refractivity contribution in [2.24, 2.45) is 11.1 Å². The summed E-state index contributed by atoms with van der Waals surface area (Å²) >= 11 is 0. The van der Waals surface area contributed by atoms with Crippen LogP contribution < -0.4 is 5.73 Å². The van der Waals surface area contributed by atoms with E-state index in [1.165, 1.54) is 16.7 Å². The summed E-state index contributed by atoms with van der Waals surface area (Å²) < 4.78 is 0. The van der Waals surface area contributed by atoms with Crippen LogP contribution in [0.4, 0.5) is 0 Å². The maximum atomic E-state index is 5.81. The fourth-order valence-electron chi connectivity index (χ4n) is 1.77. The highest BCUT2D eigenvalue weighted by Gasteiger charge is 2.15. The van der Waals surface area contributed by atoms with Crippen molar-refractivity contribution in [2.75, 3.05) is 0 Å². The third-order valence-electron chi connectivity index (χ3n) is 3.08. The summed E-state index contributed by atoms with van der Waals surface area (Å²) in [7, 11) is 0. The normalized spacial score (nSPS) is 15.9. The lowest BCUT2D eigenvalue weighted by Gasteiger charge is -2.22. The molecule has 1 nitrogen and oxygen atoms in total. The second-order valence-corrected chi connectivity index (χ2v) is 5.75. The Morgan fingerprint density at radius 1 is 1.00 bits per heavy atom. The molecule has 0 aliphatic carbocycles. The SMILES string of the molecule is CC/C(C)=C(\C=C(/C)N)/C=C(\CC)C(C)(C)C. The summed E-state index contributed by atoms with van der Waals surface area (Å²) in [4.78, 5) is 0. The highest BCUT2D eigenvalue weighted by molar-refractivity contribution is 5.39. The Morgan fingerprint density at radius 3 is 1.82 bits per heavy atom. The van der Waals surface area contributed by atoms with Gasteiger partial charge in [-0.15, -0.1) is 0 Å². The van der Waals surface area contributed by atoms with Gasteiger partial charge in [0, 0.05) is 5.70 Å². The molecule has 0 radical (unpaired) electrons. The largest absolute Gasteiger partial charge is 0.402 e. The molecule has 17 heavy (non-hydrogen) atoms. The van der Waals surface area contributed by atoms with Crippen LogP contribution in [0.15, 0.2) is 34.6 Å². The Morgan fingerprint density at radius 2 is 1.53 bits per heavy atom. The molecule has 0 fully saturated rings. The van der Waals surface area contributed by atoms with Crippen LogP contribution in [-0.4, -0.2) is 0 Å². The van der Waals surface area contributed by atoms with Crippen molar-refractivity contribution in [2.45, 2.75) is 61.3 Å². The van der Waals surface area contributed by atoms with Gasteiger partial charge >= 0.3 is 0 Å². The second-order valence-electron chi connectivity index (χ2n) is 5.75. The standard InChI is InChI=1S/C16H29N/c1-8-12(3)14(10-13(4)17)11-15(9-2)16(5,6)7/h10-11H,8-9,17H2,1-7H3/b13-10+,14-12+,15-11+. The molecule has 1 heteroatoms. The van der Waals surface area contributed by atoms with Crippen LogP contribution in [0.5, 0.6) is 0 Å². The van der Waals surface area contributed by atoms with Crippen LogP contribution in [-0.2, 0) is 0 Å². The fourth-order valence-corrected chi connectivity index (χ4v) is 1.77. The second kappa shape index (κ2) is 6.68. The van der Waals surface area contributed by atoms with Gasteiger partial charge in [-0.3, -0.25) is 0 Å². The zero-order valence-corrected chi connectivity index (χ0v) is 12.6. The molecule has 0 rings (SSSR count). The predicted molar refractivity (Wildman–Crippen MR) is 78.8 cm³/mol. The van der Waals surface area contributed by atoms with Crippen molar-refractivity contribution < 1.29 is 0 Å². The van der Waals surface area contributed by atoms with Gasteiger partial charge in [0.25, 0.3) is 0 Å². The van der Waals surface area contributed by atoms with E-state index in [4.69, 9.17) is 5.73 Å². The molecule has 2 N–H and O–H groups in total. The summed E-state index contributed by atoms with van der Waals surface area (Å²) in [5.41, 5.74) is 11.0. The van der Waals surface area contributed by atoms with Gasteiger partial charge in [-0.05, 0) is 43.8 Å². The number of hydrogen-bond donors (Lipinski definition) is 1. The van der Waals surface area contributed by atoms with Crippen LogP contribution in [0.25, 0.3) is 0 Å². The predicted octanol–water partition coefficient (Wildman–Crippen LogP) is 4.96.